The molecule has 1 aliphatic rings. The van der Waals surface area contributed by atoms with Gasteiger partial charge in [-0.05, 0) is 44.0 Å². The van der Waals surface area contributed by atoms with Crippen LogP contribution in [0.1, 0.15) is 37.4 Å². The lowest BCUT2D eigenvalue weighted by atomic mass is 9.96. The van der Waals surface area contributed by atoms with E-state index >= 15 is 0 Å². The number of rotatable bonds is 3. The molecule has 1 fully saturated rings. The molecular weight excluding hydrogens is 257 g/mol. The third-order valence-electron chi connectivity index (χ3n) is 3.24. The highest BCUT2D eigenvalue weighted by atomic mass is 35.5. The van der Waals surface area contributed by atoms with Crippen molar-refractivity contribution in [1.29, 1.82) is 0 Å². The van der Waals surface area contributed by atoms with E-state index in [4.69, 9.17) is 23.2 Å². The second kappa shape index (κ2) is 6.05. The van der Waals surface area contributed by atoms with Crippen LogP contribution in [-0.2, 0) is 0 Å². The molecule has 0 bridgehead atoms. The predicted octanol–water partition coefficient (Wildman–Crippen LogP) is 3.56. The quantitative estimate of drug-likeness (QED) is 0.883. The van der Waals surface area contributed by atoms with Crippen molar-refractivity contribution in [3.8, 4) is 0 Å². The summed E-state index contributed by atoms with van der Waals surface area (Å²) in [6, 6.07) is 5.60. The van der Waals surface area contributed by atoms with Crippen molar-refractivity contribution in [3.63, 3.8) is 0 Å². The van der Waals surface area contributed by atoms with E-state index in [1.807, 2.05) is 0 Å². The van der Waals surface area contributed by atoms with Crippen molar-refractivity contribution in [3.05, 3.63) is 33.8 Å². The standard InChI is InChI=1S/C13H17Cl2NO/c14-9-4-5-12(15)11(7-9)13(17)8-10-3-1-2-6-16-10/h4-5,7,10,13,16-17H,1-3,6,8H2. The fourth-order valence-electron chi connectivity index (χ4n) is 2.29. The van der Waals surface area contributed by atoms with Crippen LogP contribution in [-0.4, -0.2) is 17.7 Å². The summed E-state index contributed by atoms with van der Waals surface area (Å²) in [5, 5.41) is 14.8. The number of benzene rings is 1. The second-order valence-corrected chi connectivity index (χ2v) is 5.41. The van der Waals surface area contributed by atoms with Gasteiger partial charge in [0.25, 0.3) is 0 Å². The minimum absolute atomic E-state index is 0.383. The summed E-state index contributed by atoms with van der Waals surface area (Å²) in [5.74, 6) is 0. The lowest BCUT2D eigenvalue weighted by molar-refractivity contribution is 0.145. The van der Waals surface area contributed by atoms with Gasteiger partial charge in [-0.1, -0.05) is 29.6 Å². The van der Waals surface area contributed by atoms with E-state index in [1.165, 1.54) is 12.8 Å². The fraction of sp³-hybridized carbons (Fsp3) is 0.538. The van der Waals surface area contributed by atoms with Crippen LogP contribution in [0.25, 0.3) is 0 Å². The van der Waals surface area contributed by atoms with Gasteiger partial charge in [-0.3, -0.25) is 0 Å². The molecule has 2 nitrogen and oxygen atoms in total. The Labute approximate surface area is 112 Å². The third kappa shape index (κ3) is 3.59. The first-order valence-corrected chi connectivity index (χ1v) is 6.79. The number of nitrogens with one attached hydrogen (secondary N) is 1. The Kier molecular flexibility index (Phi) is 4.69. The number of hydrogen-bond donors (Lipinski definition) is 2. The summed E-state index contributed by atoms with van der Waals surface area (Å²) in [5.41, 5.74) is 0.728. The van der Waals surface area contributed by atoms with Crippen LogP contribution >= 0.6 is 23.2 Å². The molecule has 2 N–H and O–H groups in total. The van der Waals surface area contributed by atoms with E-state index < -0.39 is 6.10 Å². The summed E-state index contributed by atoms with van der Waals surface area (Å²) in [6.45, 7) is 1.04. The molecule has 1 saturated heterocycles. The van der Waals surface area contributed by atoms with E-state index in [2.05, 4.69) is 5.32 Å². The maximum absolute atomic E-state index is 10.2. The summed E-state index contributed by atoms with van der Waals surface area (Å²) in [7, 11) is 0. The summed E-state index contributed by atoms with van der Waals surface area (Å²) in [4.78, 5) is 0. The summed E-state index contributed by atoms with van der Waals surface area (Å²) in [6.07, 6.45) is 3.73. The minimum Gasteiger partial charge on any atom is -0.388 e. The Morgan fingerprint density at radius 1 is 1.35 bits per heavy atom. The first-order valence-electron chi connectivity index (χ1n) is 6.03. The smallest absolute Gasteiger partial charge is 0.0819 e. The van der Waals surface area contributed by atoms with Crippen molar-refractivity contribution >= 4 is 23.2 Å². The van der Waals surface area contributed by atoms with Gasteiger partial charge in [0.2, 0.25) is 0 Å². The zero-order valence-electron chi connectivity index (χ0n) is 9.63. The van der Waals surface area contributed by atoms with Crippen molar-refractivity contribution in [2.75, 3.05) is 6.54 Å². The Morgan fingerprint density at radius 3 is 2.88 bits per heavy atom. The molecule has 2 atom stereocenters. The maximum Gasteiger partial charge on any atom is 0.0819 e. The van der Waals surface area contributed by atoms with E-state index in [-0.39, 0.29) is 0 Å². The molecule has 1 aliphatic heterocycles. The summed E-state index contributed by atoms with van der Waals surface area (Å²) >= 11 is 12.0. The van der Waals surface area contributed by atoms with Gasteiger partial charge in [0.15, 0.2) is 0 Å². The van der Waals surface area contributed by atoms with Crippen molar-refractivity contribution in [1.82, 2.24) is 5.32 Å². The molecule has 1 heterocycles. The minimum atomic E-state index is -0.545. The molecule has 0 aliphatic carbocycles. The van der Waals surface area contributed by atoms with Gasteiger partial charge in [-0.25, -0.2) is 0 Å². The van der Waals surface area contributed by atoms with Crippen molar-refractivity contribution < 1.29 is 5.11 Å². The Bertz CT molecular complexity index is 378. The van der Waals surface area contributed by atoms with Gasteiger partial charge in [-0.15, -0.1) is 0 Å². The van der Waals surface area contributed by atoms with Gasteiger partial charge < -0.3 is 10.4 Å². The number of aliphatic hydroxyl groups is 1. The number of halogens is 2. The highest BCUT2D eigenvalue weighted by Gasteiger charge is 2.19. The van der Waals surface area contributed by atoms with Crippen LogP contribution in [0.15, 0.2) is 18.2 Å². The van der Waals surface area contributed by atoms with Gasteiger partial charge in [0, 0.05) is 21.7 Å². The summed E-state index contributed by atoms with van der Waals surface area (Å²) < 4.78 is 0. The zero-order valence-corrected chi connectivity index (χ0v) is 11.1. The van der Waals surface area contributed by atoms with Crippen molar-refractivity contribution in [2.45, 2.75) is 37.8 Å². The highest BCUT2D eigenvalue weighted by Crippen LogP contribution is 2.30. The van der Waals surface area contributed by atoms with Gasteiger partial charge in [-0.2, -0.15) is 0 Å². The molecule has 17 heavy (non-hydrogen) atoms. The van der Waals surface area contributed by atoms with Gasteiger partial charge in [0.05, 0.1) is 6.10 Å². The third-order valence-corrected chi connectivity index (χ3v) is 3.82. The van der Waals surface area contributed by atoms with E-state index in [0.717, 1.165) is 18.5 Å². The average Bonchev–Trinajstić information content (AvgIpc) is 2.33. The Hall–Kier alpha value is -0.280. The molecule has 0 saturated carbocycles. The molecule has 0 amide bonds. The van der Waals surface area contributed by atoms with E-state index in [9.17, 15) is 5.11 Å². The molecular formula is C13H17Cl2NO. The lowest BCUT2D eigenvalue weighted by Gasteiger charge is -2.26. The Balaban J connectivity index is 2.02. The molecule has 4 heteroatoms. The predicted molar refractivity (Wildman–Crippen MR) is 71.7 cm³/mol. The first-order chi connectivity index (χ1) is 8.16. The molecule has 1 aromatic rings. The Morgan fingerprint density at radius 2 is 2.18 bits per heavy atom. The van der Waals surface area contributed by atoms with E-state index in [1.54, 1.807) is 18.2 Å². The SMILES string of the molecule is OC(CC1CCCCN1)c1cc(Cl)ccc1Cl. The molecule has 0 spiro atoms. The first kappa shape index (κ1) is 13.2. The molecule has 2 unspecified atom stereocenters. The molecule has 94 valence electrons. The van der Waals surface area contributed by atoms with Crippen molar-refractivity contribution in [2.24, 2.45) is 0 Å². The average molecular weight is 274 g/mol. The van der Waals surface area contributed by atoms with Crippen LogP contribution < -0.4 is 5.32 Å². The van der Waals surface area contributed by atoms with Crippen LogP contribution in [0.2, 0.25) is 10.0 Å². The maximum atomic E-state index is 10.2. The zero-order chi connectivity index (χ0) is 12.3. The largest absolute Gasteiger partial charge is 0.388 e. The van der Waals surface area contributed by atoms with Crippen LogP contribution in [0, 0.1) is 0 Å². The fourth-order valence-corrected chi connectivity index (χ4v) is 2.72. The normalized spacial score (nSPS) is 22.4. The van der Waals surface area contributed by atoms with Crippen LogP contribution in [0.5, 0.6) is 0 Å². The second-order valence-electron chi connectivity index (χ2n) is 4.56. The molecule has 1 aromatic carbocycles. The monoisotopic (exact) mass is 273 g/mol. The number of hydrogen-bond acceptors (Lipinski definition) is 2. The van der Waals surface area contributed by atoms with Crippen LogP contribution in [0.3, 0.4) is 0 Å². The topological polar surface area (TPSA) is 32.3 Å². The number of aliphatic hydroxyl groups excluding tert-OH is 1. The molecule has 2 rings (SSSR count). The van der Waals surface area contributed by atoms with Crippen LogP contribution in [0.4, 0.5) is 0 Å². The van der Waals surface area contributed by atoms with Gasteiger partial charge in [0.1, 0.15) is 0 Å². The van der Waals surface area contributed by atoms with Gasteiger partial charge >= 0.3 is 0 Å². The molecule has 0 aromatic heterocycles. The molecule has 0 radical (unpaired) electrons. The van der Waals surface area contributed by atoms with E-state index in [0.29, 0.717) is 22.5 Å². The number of piperidine rings is 1. The highest BCUT2D eigenvalue weighted by molar-refractivity contribution is 6.33. The lowest BCUT2D eigenvalue weighted by Crippen LogP contribution is -2.35.